The summed E-state index contributed by atoms with van der Waals surface area (Å²) >= 11 is 0. The van der Waals surface area contributed by atoms with Crippen molar-refractivity contribution in [2.45, 2.75) is 130 Å². The van der Waals surface area contributed by atoms with E-state index in [1.165, 1.54) is 25.7 Å². The van der Waals surface area contributed by atoms with Gasteiger partial charge in [0.25, 0.3) is 5.91 Å². The number of hydrogen-bond acceptors (Lipinski definition) is 6. The molecule has 282 valence electrons. The summed E-state index contributed by atoms with van der Waals surface area (Å²) in [5.41, 5.74) is 1.96. The van der Waals surface area contributed by atoms with Crippen molar-refractivity contribution in [3.63, 3.8) is 0 Å². The molecule has 7 rings (SSSR count). The number of carboxylic acid groups (broad SMARTS) is 1. The fraction of sp³-hybridized carbons (Fsp3) is 0.786. The molecule has 10 unspecified atom stereocenters. The van der Waals surface area contributed by atoms with Gasteiger partial charge in [-0.2, -0.15) is 0 Å². The second-order valence-electron chi connectivity index (χ2n) is 18.7. The van der Waals surface area contributed by atoms with Crippen LogP contribution >= 0.6 is 0 Å². The first kappa shape index (κ1) is 36.9. The predicted octanol–water partition coefficient (Wildman–Crippen LogP) is 6.16. The first-order valence-corrected chi connectivity index (χ1v) is 20.0. The van der Waals surface area contributed by atoms with Crippen molar-refractivity contribution in [2.75, 3.05) is 26.3 Å². The summed E-state index contributed by atoms with van der Waals surface area (Å²) in [4.78, 5) is 38.3. The van der Waals surface area contributed by atoms with Crippen LogP contribution < -0.4 is 10.6 Å². The number of aliphatic hydroxyl groups is 1. The highest BCUT2D eigenvalue weighted by molar-refractivity contribution is 5.94. The molecule has 4 N–H and O–H groups in total. The number of nitrogens with one attached hydrogen (secondary N) is 2. The fourth-order valence-electron chi connectivity index (χ4n) is 13.4. The molecule has 6 aliphatic rings. The van der Waals surface area contributed by atoms with E-state index in [4.69, 9.17) is 14.6 Å². The van der Waals surface area contributed by atoms with Gasteiger partial charge in [-0.15, -0.1) is 0 Å². The molecule has 51 heavy (non-hydrogen) atoms. The highest BCUT2D eigenvalue weighted by Gasteiger charge is 2.70. The third-order valence-corrected chi connectivity index (χ3v) is 16.4. The van der Waals surface area contributed by atoms with Crippen LogP contribution in [0.4, 0.5) is 0 Å². The Bertz CT molecular complexity index is 1510. The van der Waals surface area contributed by atoms with Gasteiger partial charge in [0.05, 0.1) is 30.8 Å². The Kier molecular flexibility index (Phi) is 9.70. The van der Waals surface area contributed by atoms with Crippen molar-refractivity contribution >= 4 is 17.8 Å². The monoisotopic (exact) mass is 706 g/mol. The smallest absolute Gasteiger partial charge is 0.335 e. The van der Waals surface area contributed by atoms with Crippen LogP contribution in [0.2, 0.25) is 0 Å². The number of ether oxygens (including phenoxy) is 2. The number of carboxylic acids is 1. The first-order valence-electron chi connectivity index (χ1n) is 20.0. The third-order valence-electron chi connectivity index (χ3n) is 16.4. The van der Waals surface area contributed by atoms with E-state index in [2.05, 4.69) is 45.3 Å². The Morgan fingerprint density at radius 1 is 0.824 bits per heavy atom. The van der Waals surface area contributed by atoms with Crippen molar-refractivity contribution in [1.82, 2.24) is 10.6 Å². The molecule has 1 heterocycles. The maximum atomic E-state index is 14.3. The highest BCUT2D eigenvalue weighted by atomic mass is 16.6. The molecule has 5 aliphatic carbocycles. The van der Waals surface area contributed by atoms with Gasteiger partial charge in [-0.05, 0) is 134 Å². The van der Waals surface area contributed by atoms with E-state index < -0.39 is 18.2 Å². The molecule has 0 bridgehead atoms. The van der Waals surface area contributed by atoms with E-state index in [0.717, 1.165) is 50.5 Å². The number of benzene rings is 1. The summed E-state index contributed by atoms with van der Waals surface area (Å²) in [6.07, 6.45) is 11.4. The van der Waals surface area contributed by atoms with Gasteiger partial charge >= 0.3 is 5.97 Å². The lowest BCUT2D eigenvalue weighted by atomic mass is 9.32. The summed E-state index contributed by atoms with van der Waals surface area (Å²) in [5, 5.41) is 26.4. The normalized spacial score (nSPS) is 42.7. The largest absolute Gasteiger partial charge is 0.479 e. The lowest BCUT2D eigenvalue weighted by Crippen LogP contribution is -2.67. The van der Waals surface area contributed by atoms with Gasteiger partial charge < -0.3 is 30.3 Å². The molecular weight excluding hydrogens is 644 g/mol. The molecule has 11 atom stereocenters. The molecule has 0 spiro atoms. The Morgan fingerprint density at radius 3 is 2.37 bits per heavy atom. The molecule has 0 radical (unpaired) electrons. The molecule has 6 fully saturated rings. The number of rotatable bonds is 8. The van der Waals surface area contributed by atoms with Gasteiger partial charge in [0.1, 0.15) is 0 Å². The summed E-state index contributed by atoms with van der Waals surface area (Å²) in [6, 6.07) is 7.53. The SMILES string of the molecule is CC1(C)C(O)CCC2(C)C1CCC1(C)C2CCC2C3CCCC3(C(=O)NCCc3cccc(C(=O)NCC4COC(C(=O)O)CO4)c3)CC[C@]21C. The van der Waals surface area contributed by atoms with Gasteiger partial charge in [0, 0.05) is 18.7 Å². The molecule has 9 heteroatoms. The van der Waals surface area contributed by atoms with E-state index >= 15 is 0 Å². The quantitative estimate of drug-likeness (QED) is 0.255. The topological polar surface area (TPSA) is 134 Å². The average Bonchev–Trinajstić information content (AvgIpc) is 3.55. The Balaban J connectivity index is 0.968. The second-order valence-corrected chi connectivity index (χ2v) is 18.7. The minimum absolute atomic E-state index is 0.0378. The summed E-state index contributed by atoms with van der Waals surface area (Å²) in [6.45, 7) is 13.3. The average molecular weight is 707 g/mol. The summed E-state index contributed by atoms with van der Waals surface area (Å²) in [7, 11) is 0. The zero-order valence-corrected chi connectivity index (χ0v) is 31.6. The van der Waals surface area contributed by atoms with Crippen molar-refractivity contribution in [2.24, 2.45) is 50.7 Å². The molecule has 0 aromatic heterocycles. The van der Waals surface area contributed by atoms with Crippen LogP contribution in [0.25, 0.3) is 0 Å². The third kappa shape index (κ3) is 5.96. The van der Waals surface area contributed by atoms with E-state index in [-0.39, 0.29) is 64.8 Å². The maximum absolute atomic E-state index is 14.3. The molecule has 9 nitrogen and oxygen atoms in total. The van der Waals surface area contributed by atoms with Crippen molar-refractivity contribution in [3.05, 3.63) is 35.4 Å². The summed E-state index contributed by atoms with van der Waals surface area (Å²) in [5.74, 6) is 1.20. The zero-order valence-electron chi connectivity index (χ0n) is 31.6. The minimum atomic E-state index is -1.05. The van der Waals surface area contributed by atoms with Crippen molar-refractivity contribution in [1.29, 1.82) is 0 Å². The van der Waals surface area contributed by atoms with E-state index in [0.29, 0.717) is 42.2 Å². The predicted molar refractivity (Wildman–Crippen MR) is 194 cm³/mol. The molecular formula is C42H62N2O7. The molecule has 2 amide bonds. The number of hydrogen-bond donors (Lipinski definition) is 4. The lowest BCUT2D eigenvalue weighted by molar-refractivity contribution is -0.244. The summed E-state index contributed by atoms with van der Waals surface area (Å²) < 4.78 is 10.9. The van der Waals surface area contributed by atoms with Gasteiger partial charge in [-0.3, -0.25) is 9.59 Å². The Hall–Kier alpha value is -2.49. The number of aliphatic carboxylic acids is 1. The van der Waals surface area contributed by atoms with Crippen LogP contribution in [-0.4, -0.2) is 72.6 Å². The van der Waals surface area contributed by atoms with Crippen LogP contribution in [-0.2, 0) is 25.5 Å². The van der Waals surface area contributed by atoms with Crippen LogP contribution in [0.3, 0.4) is 0 Å². The molecule has 1 aliphatic heterocycles. The molecule has 1 aromatic rings. The van der Waals surface area contributed by atoms with Gasteiger partial charge in [-0.1, -0.05) is 53.2 Å². The second kappa shape index (κ2) is 13.4. The fourth-order valence-corrected chi connectivity index (χ4v) is 13.4. The number of carbonyl (C=O) groups excluding carboxylic acids is 2. The number of carbonyl (C=O) groups is 3. The Morgan fingerprint density at radius 2 is 1.63 bits per heavy atom. The van der Waals surface area contributed by atoms with Crippen LogP contribution in [0.5, 0.6) is 0 Å². The minimum Gasteiger partial charge on any atom is -0.479 e. The van der Waals surface area contributed by atoms with Gasteiger partial charge in [0.2, 0.25) is 5.91 Å². The van der Waals surface area contributed by atoms with E-state index in [9.17, 15) is 19.5 Å². The van der Waals surface area contributed by atoms with E-state index in [1.54, 1.807) is 6.07 Å². The Labute approximate surface area is 304 Å². The number of aliphatic hydroxyl groups excluding tert-OH is 1. The van der Waals surface area contributed by atoms with Crippen LogP contribution in [0, 0.1) is 50.7 Å². The number of amides is 2. The highest BCUT2D eigenvalue weighted by Crippen LogP contribution is 2.76. The van der Waals surface area contributed by atoms with E-state index in [1.807, 2.05) is 18.2 Å². The number of fused-ring (bicyclic) bond motifs is 7. The molecule has 5 saturated carbocycles. The standard InChI is InChI=1S/C42H62N2O7/c1-38(2)32-13-18-41(5)33(39(32,3)17-14-34(38)45)12-11-29-30-10-7-16-42(30,20-19-40(29,41)4)37(49)43-21-15-26-8-6-9-27(22-26)35(46)44-23-28-24-51-31(25-50-28)36(47)48/h6,8-9,22,28-34,45H,7,10-21,23-25H2,1-5H3,(H,43,49)(H,44,46)(H,47,48)/t28?,29?,30?,31?,32?,33?,34?,39?,40-,41?,42?/m1/s1. The van der Waals surface area contributed by atoms with Crippen LogP contribution in [0.1, 0.15) is 121 Å². The maximum Gasteiger partial charge on any atom is 0.335 e. The van der Waals surface area contributed by atoms with Crippen LogP contribution in [0.15, 0.2) is 24.3 Å². The molecule has 1 aromatic carbocycles. The van der Waals surface area contributed by atoms with Gasteiger partial charge in [-0.25, -0.2) is 4.79 Å². The zero-order chi connectivity index (χ0) is 36.4. The van der Waals surface area contributed by atoms with Crippen molar-refractivity contribution < 1.29 is 34.1 Å². The molecule has 1 saturated heterocycles. The first-order chi connectivity index (χ1) is 24.2. The van der Waals surface area contributed by atoms with Crippen molar-refractivity contribution in [3.8, 4) is 0 Å². The van der Waals surface area contributed by atoms with Gasteiger partial charge in [0.15, 0.2) is 6.10 Å². The lowest BCUT2D eigenvalue weighted by Gasteiger charge is -2.72.